The number of benzene rings is 2. The summed E-state index contributed by atoms with van der Waals surface area (Å²) in [5.41, 5.74) is 1.46. The number of carbonyl (C=O) groups is 2. The Kier molecular flexibility index (Phi) is 4.90. The minimum Gasteiger partial charge on any atom is -0.507 e. The van der Waals surface area contributed by atoms with E-state index in [-0.39, 0.29) is 11.3 Å². The molecule has 5 rings (SSSR count). The van der Waals surface area contributed by atoms with Crippen molar-refractivity contribution in [3.63, 3.8) is 0 Å². The maximum Gasteiger partial charge on any atom is 0.300 e. The predicted octanol–water partition coefficient (Wildman–Crippen LogP) is 4.64. The van der Waals surface area contributed by atoms with Gasteiger partial charge in [-0.3, -0.25) is 14.5 Å². The van der Waals surface area contributed by atoms with E-state index < -0.39 is 17.7 Å². The molecule has 1 N–H and O–H groups in total. The van der Waals surface area contributed by atoms with Gasteiger partial charge in [0.25, 0.3) is 11.7 Å². The van der Waals surface area contributed by atoms with E-state index in [4.69, 9.17) is 25.5 Å². The van der Waals surface area contributed by atoms with Crippen molar-refractivity contribution in [1.82, 2.24) is 0 Å². The number of ether oxygens (including phenoxy) is 2. The van der Waals surface area contributed by atoms with Crippen LogP contribution in [-0.4, -0.2) is 30.0 Å². The summed E-state index contributed by atoms with van der Waals surface area (Å²) in [6.45, 7) is 2.60. The standard InChI is InChI=1S/C24H18ClNO6/c1-13-11-15(25)5-6-16(13)26-21(18-3-2-8-30-18)20(23(28)24(26)29)22(27)14-4-7-17-19(12-14)32-10-9-31-17/h2-8,11-12,21,27H,9-10H2,1H3/b22-20-. The molecule has 2 aromatic carbocycles. The number of hydrogen-bond donors (Lipinski definition) is 1. The van der Waals surface area contributed by atoms with Gasteiger partial charge in [0.1, 0.15) is 30.8 Å². The minimum absolute atomic E-state index is 0.0732. The van der Waals surface area contributed by atoms with Crippen molar-refractivity contribution in [2.75, 3.05) is 18.1 Å². The number of carbonyl (C=O) groups excluding carboxylic acids is 2. The first-order chi connectivity index (χ1) is 15.5. The fraction of sp³-hybridized carbons (Fsp3) is 0.167. The summed E-state index contributed by atoms with van der Waals surface area (Å²) < 4.78 is 16.7. The van der Waals surface area contributed by atoms with E-state index in [1.807, 2.05) is 0 Å². The lowest BCUT2D eigenvalue weighted by Gasteiger charge is -2.25. The van der Waals surface area contributed by atoms with Crippen LogP contribution in [0.1, 0.15) is 22.9 Å². The zero-order chi connectivity index (χ0) is 22.4. The Labute approximate surface area is 188 Å². The maximum atomic E-state index is 13.1. The summed E-state index contributed by atoms with van der Waals surface area (Å²) in [6.07, 6.45) is 1.45. The van der Waals surface area contributed by atoms with E-state index in [2.05, 4.69) is 0 Å². The van der Waals surface area contributed by atoms with Crippen LogP contribution in [0.3, 0.4) is 0 Å². The monoisotopic (exact) mass is 451 g/mol. The highest BCUT2D eigenvalue weighted by molar-refractivity contribution is 6.51. The van der Waals surface area contributed by atoms with E-state index in [1.54, 1.807) is 55.5 Å². The Morgan fingerprint density at radius 2 is 1.84 bits per heavy atom. The fourth-order valence-electron chi connectivity index (χ4n) is 4.03. The van der Waals surface area contributed by atoms with Gasteiger partial charge >= 0.3 is 0 Å². The fourth-order valence-corrected chi connectivity index (χ4v) is 4.26. The van der Waals surface area contributed by atoms with Crippen LogP contribution in [0.2, 0.25) is 5.02 Å². The molecule has 7 nitrogen and oxygen atoms in total. The van der Waals surface area contributed by atoms with Crippen LogP contribution >= 0.6 is 11.6 Å². The number of aliphatic hydroxyl groups excluding tert-OH is 1. The number of nitrogens with zero attached hydrogens (tertiary/aromatic N) is 1. The highest BCUT2D eigenvalue weighted by Crippen LogP contribution is 2.44. The molecular formula is C24H18ClNO6. The Bertz CT molecular complexity index is 1260. The van der Waals surface area contributed by atoms with Gasteiger partial charge in [0.15, 0.2) is 11.5 Å². The van der Waals surface area contributed by atoms with Gasteiger partial charge in [-0.15, -0.1) is 0 Å². The number of fused-ring (bicyclic) bond motifs is 1. The molecule has 32 heavy (non-hydrogen) atoms. The number of hydrogen-bond acceptors (Lipinski definition) is 6. The normalized spacial score (nSPS) is 19.4. The highest BCUT2D eigenvalue weighted by Gasteiger charge is 2.48. The van der Waals surface area contributed by atoms with Crippen molar-refractivity contribution in [3.05, 3.63) is 82.3 Å². The number of ketones is 1. The molecule has 0 spiro atoms. The van der Waals surface area contributed by atoms with Crippen LogP contribution in [0.15, 0.2) is 64.8 Å². The quantitative estimate of drug-likeness (QED) is 0.354. The van der Waals surface area contributed by atoms with Crippen LogP contribution in [-0.2, 0) is 9.59 Å². The topological polar surface area (TPSA) is 89.2 Å². The number of anilines is 1. The molecule has 0 radical (unpaired) electrons. The summed E-state index contributed by atoms with van der Waals surface area (Å²) in [6, 6.07) is 12.2. The third-order valence-electron chi connectivity index (χ3n) is 5.49. The number of halogens is 1. The average Bonchev–Trinajstić information content (AvgIpc) is 3.40. The van der Waals surface area contributed by atoms with Gasteiger partial charge in [0.05, 0.1) is 11.8 Å². The second-order valence-corrected chi connectivity index (χ2v) is 7.91. The molecule has 0 bridgehead atoms. The van der Waals surface area contributed by atoms with Crippen molar-refractivity contribution in [2.45, 2.75) is 13.0 Å². The Morgan fingerprint density at radius 1 is 1.06 bits per heavy atom. The molecule has 1 fully saturated rings. The van der Waals surface area contributed by atoms with E-state index >= 15 is 0 Å². The van der Waals surface area contributed by atoms with Crippen LogP contribution in [0.5, 0.6) is 11.5 Å². The minimum atomic E-state index is -0.946. The van der Waals surface area contributed by atoms with Crippen molar-refractivity contribution in [2.24, 2.45) is 0 Å². The second kappa shape index (κ2) is 7.76. The van der Waals surface area contributed by atoms with Crippen molar-refractivity contribution >= 4 is 34.7 Å². The van der Waals surface area contributed by atoms with Crippen molar-refractivity contribution < 1.29 is 28.6 Å². The molecule has 1 unspecified atom stereocenters. The summed E-state index contributed by atoms with van der Waals surface area (Å²) in [5.74, 6) is -0.553. The number of aliphatic hydroxyl groups is 1. The summed E-state index contributed by atoms with van der Waals surface area (Å²) >= 11 is 6.08. The SMILES string of the molecule is Cc1cc(Cl)ccc1N1C(=O)C(=O)/C(=C(\O)c2ccc3c(c2)OCCO3)C1c1ccco1. The summed E-state index contributed by atoms with van der Waals surface area (Å²) in [5, 5.41) is 11.7. The third kappa shape index (κ3) is 3.22. The first-order valence-corrected chi connectivity index (χ1v) is 10.3. The number of amides is 1. The van der Waals surface area contributed by atoms with E-state index in [0.717, 1.165) is 0 Å². The van der Waals surface area contributed by atoms with Gasteiger partial charge in [-0.2, -0.15) is 0 Å². The Balaban J connectivity index is 1.68. The van der Waals surface area contributed by atoms with E-state index in [0.29, 0.717) is 52.3 Å². The number of rotatable bonds is 3. The molecular weight excluding hydrogens is 434 g/mol. The van der Waals surface area contributed by atoms with Gasteiger partial charge < -0.3 is 19.0 Å². The van der Waals surface area contributed by atoms with Crippen molar-refractivity contribution in [1.29, 1.82) is 0 Å². The Hall–Kier alpha value is -3.71. The number of furan rings is 1. The van der Waals surface area contributed by atoms with Gasteiger partial charge in [0.2, 0.25) is 0 Å². The van der Waals surface area contributed by atoms with E-state index in [9.17, 15) is 14.7 Å². The molecule has 1 aromatic heterocycles. The Morgan fingerprint density at radius 3 is 2.56 bits per heavy atom. The molecule has 1 atom stereocenters. The first-order valence-electron chi connectivity index (χ1n) is 9.96. The maximum absolute atomic E-state index is 13.1. The summed E-state index contributed by atoms with van der Waals surface area (Å²) in [4.78, 5) is 27.6. The zero-order valence-corrected chi connectivity index (χ0v) is 17.8. The highest BCUT2D eigenvalue weighted by atomic mass is 35.5. The molecule has 1 amide bonds. The van der Waals surface area contributed by atoms with Gasteiger partial charge in [-0.1, -0.05) is 11.6 Å². The van der Waals surface area contributed by atoms with Crippen LogP contribution in [0, 0.1) is 6.92 Å². The van der Waals surface area contributed by atoms with Gasteiger partial charge in [0, 0.05) is 16.3 Å². The molecule has 8 heteroatoms. The average molecular weight is 452 g/mol. The molecule has 1 saturated heterocycles. The number of aryl methyl sites for hydroxylation is 1. The molecule has 0 aliphatic carbocycles. The number of Topliss-reactive ketones (excluding diaryl/α,β-unsaturated/α-hetero) is 1. The van der Waals surface area contributed by atoms with Gasteiger partial charge in [-0.25, -0.2) is 0 Å². The van der Waals surface area contributed by atoms with Gasteiger partial charge in [-0.05, 0) is 61.0 Å². The molecule has 2 aliphatic rings. The second-order valence-electron chi connectivity index (χ2n) is 7.47. The zero-order valence-electron chi connectivity index (χ0n) is 17.0. The molecule has 0 saturated carbocycles. The molecule has 3 heterocycles. The van der Waals surface area contributed by atoms with E-state index in [1.165, 1.54) is 11.2 Å². The smallest absolute Gasteiger partial charge is 0.300 e. The summed E-state index contributed by atoms with van der Waals surface area (Å²) in [7, 11) is 0. The lowest BCUT2D eigenvalue weighted by atomic mass is 9.98. The lowest BCUT2D eigenvalue weighted by molar-refractivity contribution is -0.132. The third-order valence-corrected chi connectivity index (χ3v) is 5.73. The molecule has 2 aliphatic heterocycles. The largest absolute Gasteiger partial charge is 0.507 e. The first kappa shape index (κ1) is 20.2. The molecule has 3 aromatic rings. The lowest BCUT2D eigenvalue weighted by Crippen LogP contribution is -2.29. The van der Waals surface area contributed by atoms with Crippen LogP contribution in [0.4, 0.5) is 5.69 Å². The van der Waals surface area contributed by atoms with Crippen molar-refractivity contribution in [3.8, 4) is 11.5 Å². The predicted molar refractivity (Wildman–Crippen MR) is 117 cm³/mol. The van der Waals surface area contributed by atoms with Crippen LogP contribution in [0.25, 0.3) is 5.76 Å². The van der Waals surface area contributed by atoms with Crippen LogP contribution < -0.4 is 14.4 Å². The molecule has 162 valence electrons.